The van der Waals surface area contributed by atoms with Crippen molar-refractivity contribution >= 4 is 0 Å². The summed E-state index contributed by atoms with van der Waals surface area (Å²) < 4.78 is 0. The standard InChI is InChI=1S/C40H56/c1-31(19-13-21-33(3)25-27-37-35(5)23-15-29-39(37,7)8)17-11-12-18-32(2)20-14-22-34(4)26-28-38-36(6)24-16-30-40(38,9)10/h11-14,17-22,25-28H,15-16,23-24,29-30H2,1-10H3/b12-11?,19-13?,20-14?,27-25?,28-26?,31-17?,32-18?,33-21-,34-22?. The lowest BCUT2D eigenvalue weighted by atomic mass is 9.72. The first kappa shape index (κ1) is 33.3. The predicted molar refractivity (Wildman–Crippen MR) is 181 cm³/mol. The fourth-order valence-electron chi connectivity index (χ4n) is 5.79. The van der Waals surface area contributed by atoms with E-state index in [1.165, 1.54) is 72.0 Å². The van der Waals surface area contributed by atoms with Crippen molar-refractivity contribution in [3.8, 4) is 0 Å². The van der Waals surface area contributed by atoms with Gasteiger partial charge in [0.25, 0.3) is 0 Å². The highest BCUT2D eigenvalue weighted by atomic mass is 14.3. The van der Waals surface area contributed by atoms with E-state index >= 15 is 0 Å². The van der Waals surface area contributed by atoms with E-state index in [4.69, 9.17) is 0 Å². The van der Waals surface area contributed by atoms with Crippen LogP contribution < -0.4 is 0 Å². The van der Waals surface area contributed by atoms with Crippen LogP contribution in [0.15, 0.2) is 130 Å². The van der Waals surface area contributed by atoms with Crippen LogP contribution in [-0.2, 0) is 0 Å². The Bertz CT molecular complexity index is 1120. The smallest absolute Gasteiger partial charge is 0.0104 e. The van der Waals surface area contributed by atoms with Gasteiger partial charge >= 0.3 is 0 Å². The third-order valence-corrected chi connectivity index (χ3v) is 8.38. The third-order valence-electron chi connectivity index (χ3n) is 8.38. The molecule has 0 bridgehead atoms. The van der Waals surface area contributed by atoms with Crippen LogP contribution in [0.1, 0.15) is 108 Å². The van der Waals surface area contributed by atoms with Gasteiger partial charge in [-0.3, -0.25) is 0 Å². The van der Waals surface area contributed by atoms with Gasteiger partial charge in [0.2, 0.25) is 0 Å². The summed E-state index contributed by atoms with van der Waals surface area (Å²) in [5.41, 5.74) is 11.7. The molecule has 0 aliphatic heterocycles. The molecule has 0 fully saturated rings. The largest absolute Gasteiger partial charge is 0.0696 e. The summed E-state index contributed by atoms with van der Waals surface area (Å²) in [4.78, 5) is 0. The maximum absolute atomic E-state index is 2.37. The highest BCUT2D eigenvalue weighted by molar-refractivity contribution is 5.39. The fourth-order valence-corrected chi connectivity index (χ4v) is 5.79. The van der Waals surface area contributed by atoms with Gasteiger partial charge in [0, 0.05) is 0 Å². The topological polar surface area (TPSA) is 0 Å². The molecule has 0 aromatic rings. The summed E-state index contributed by atoms with van der Waals surface area (Å²) in [7, 11) is 0. The molecule has 0 spiro atoms. The average Bonchev–Trinajstić information content (AvgIpc) is 2.85. The molecule has 0 aromatic heterocycles. The Hall–Kier alpha value is -2.86. The maximum Gasteiger partial charge on any atom is -0.0104 e. The van der Waals surface area contributed by atoms with Crippen LogP contribution in [0.3, 0.4) is 0 Å². The minimum Gasteiger partial charge on any atom is -0.0696 e. The Morgan fingerprint density at radius 2 is 0.825 bits per heavy atom. The highest BCUT2D eigenvalue weighted by Crippen LogP contribution is 2.41. The molecular formula is C40H56. The van der Waals surface area contributed by atoms with Crippen LogP contribution in [0.25, 0.3) is 0 Å². The Morgan fingerprint density at radius 3 is 1.18 bits per heavy atom. The maximum atomic E-state index is 2.37. The molecule has 0 N–H and O–H groups in total. The van der Waals surface area contributed by atoms with Gasteiger partial charge in [0.1, 0.15) is 0 Å². The first-order valence-electron chi connectivity index (χ1n) is 15.3. The second-order valence-electron chi connectivity index (χ2n) is 13.3. The third kappa shape index (κ3) is 11.3. The van der Waals surface area contributed by atoms with E-state index in [0.29, 0.717) is 10.8 Å². The number of hydrogen-bond donors (Lipinski definition) is 0. The van der Waals surface area contributed by atoms with Crippen LogP contribution in [-0.4, -0.2) is 0 Å². The zero-order valence-electron chi connectivity index (χ0n) is 27.3. The summed E-state index contributed by atoms with van der Waals surface area (Å²) in [6.07, 6.45) is 38.4. The summed E-state index contributed by atoms with van der Waals surface area (Å²) in [6, 6.07) is 0. The molecule has 0 nitrogen and oxygen atoms in total. The Labute approximate surface area is 247 Å². The molecule has 0 heterocycles. The van der Waals surface area contributed by atoms with E-state index < -0.39 is 0 Å². The molecule has 0 radical (unpaired) electrons. The van der Waals surface area contributed by atoms with Crippen molar-refractivity contribution in [3.05, 3.63) is 130 Å². The lowest BCUT2D eigenvalue weighted by Crippen LogP contribution is -2.19. The molecule has 0 unspecified atom stereocenters. The van der Waals surface area contributed by atoms with Gasteiger partial charge in [-0.05, 0) is 102 Å². The van der Waals surface area contributed by atoms with E-state index in [1.807, 2.05) is 0 Å². The molecule has 0 atom stereocenters. The Morgan fingerprint density at radius 1 is 0.500 bits per heavy atom. The van der Waals surface area contributed by atoms with E-state index in [1.54, 1.807) is 11.1 Å². The van der Waals surface area contributed by atoms with Gasteiger partial charge in [-0.2, -0.15) is 0 Å². The first-order valence-corrected chi connectivity index (χ1v) is 15.3. The highest BCUT2D eigenvalue weighted by Gasteiger charge is 2.27. The normalized spacial score (nSPS) is 21.9. The van der Waals surface area contributed by atoms with Crippen molar-refractivity contribution in [1.29, 1.82) is 0 Å². The van der Waals surface area contributed by atoms with Gasteiger partial charge in [-0.25, -0.2) is 0 Å². The van der Waals surface area contributed by atoms with Gasteiger partial charge in [0.15, 0.2) is 0 Å². The summed E-state index contributed by atoms with van der Waals surface area (Å²) >= 11 is 0. The zero-order chi connectivity index (χ0) is 29.8. The minimum atomic E-state index is 0.291. The molecule has 2 rings (SSSR count). The summed E-state index contributed by atoms with van der Waals surface area (Å²) in [5.74, 6) is 0. The van der Waals surface area contributed by atoms with Crippen LogP contribution >= 0.6 is 0 Å². The second-order valence-corrected chi connectivity index (χ2v) is 13.3. The Balaban J connectivity index is 1.89. The second kappa shape index (κ2) is 15.8. The quantitative estimate of drug-likeness (QED) is 0.244. The van der Waals surface area contributed by atoms with Crippen LogP contribution in [0.4, 0.5) is 0 Å². The molecule has 40 heavy (non-hydrogen) atoms. The van der Waals surface area contributed by atoms with Crippen molar-refractivity contribution in [2.24, 2.45) is 10.8 Å². The van der Waals surface area contributed by atoms with Gasteiger partial charge in [-0.1, -0.05) is 146 Å². The molecule has 2 aliphatic rings. The number of hydrogen-bond acceptors (Lipinski definition) is 0. The SMILES string of the molecule is CC(C=CC=C(C)C=CC1=C(C)CCCC1(C)C)=CC=CC=C(C)C=C/C=C(/C)C=CC1=C(C)CCCC1(C)C. The monoisotopic (exact) mass is 536 g/mol. The number of allylic oxidation sites excluding steroid dienone is 22. The lowest BCUT2D eigenvalue weighted by molar-refractivity contribution is 0.376. The molecule has 0 aromatic carbocycles. The van der Waals surface area contributed by atoms with Gasteiger partial charge in [0.05, 0.1) is 0 Å². The molecule has 0 saturated heterocycles. The average molecular weight is 537 g/mol. The van der Waals surface area contributed by atoms with Crippen molar-refractivity contribution in [1.82, 2.24) is 0 Å². The van der Waals surface area contributed by atoms with Gasteiger partial charge in [-0.15, -0.1) is 0 Å². The van der Waals surface area contributed by atoms with Crippen LogP contribution in [0.2, 0.25) is 0 Å². The predicted octanol–water partition coefficient (Wildman–Crippen LogP) is 12.6. The Kier molecular flexibility index (Phi) is 13.2. The van der Waals surface area contributed by atoms with Crippen molar-refractivity contribution in [2.45, 2.75) is 108 Å². The van der Waals surface area contributed by atoms with Crippen LogP contribution in [0, 0.1) is 10.8 Å². The molecule has 0 saturated carbocycles. The molecule has 216 valence electrons. The number of rotatable bonds is 10. The van der Waals surface area contributed by atoms with E-state index in [2.05, 4.69) is 154 Å². The zero-order valence-corrected chi connectivity index (χ0v) is 27.3. The first-order chi connectivity index (χ1) is 18.8. The lowest BCUT2D eigenvalue weighted by Gasteiger charge is -2.33. The van der Waals surface area contributed by atoms with E-state index in [9.17, 15) is 0 Å². The van der Waals surface area contributed by atoms with Crippen LogP contribution in [0.5, 0.6) is 0 Å². The minimum absolute atomic E-state index is 0.291. The molecule has 0 heteroatoms. The van der Waals surface area contributed by atoms with Crippen molar-refractivity contribution in [3.63, 3.8) is 0 Å². The van der Waals surface area contributed by atoms with E-state index in [0.717, 1.165) is 0 Å². The fraction of sp³-hybridized carbons (Fsp3) is 0.450. The van der Waals surface area contributed by atoms with Crippen molar-refractivity contribution in [2.75, 3.05) is 0 Å². The molecule has 0 amide bonds. The molecular weight excluding hydrogens is 480 g/mol. The molecule has 2 aliphatic carbocycles. The van der Waals surface area contributed by atoms with Gasteiger partial charge < -0.3 is 0 Å². The van der Waals surface area contributed by atoms with E-state index in [-0.39, 0.29) is 0 Å². The van der Waals surface area contributed by atoms with Crippen molar-refractivity contribution < 1.29 is 0 Å². The summed E-state index contributed by atoms with van der Waals surface area (Å²) in [5, 5.41) is 0. The summed E-state index contributed by atoms with van der Waals surface area (Å²) in [6.45, 7) is 22.7.